The molecule has 2 N–H and O–H groups in total. The lowest BCUT2D eigenvalue weighted by Gasteiger charge is -2.13. The van der Waals surface area contributed by atoms with Crippen LogP contribution in [0.2, 0.25) is 0 Å². The molecule has 5 nitrogen and oxygen atoms in total. The van der Waals surface area contributed by atoms with Crippen molar-refractivity contribution in [1.82, 2.24) is 10.2 Å². The van der Waals surface area contributed by atoms with Crippen molar-refractivity contribution in [2.24, 2.45) is 0 Å². The average molecular weight is 368 g/mol. The minimum absolute atomic E-state index is 0. The van der Waals surface area contributed by atoms with Gasteiger partial charge in [0.1, 0.15) is 12.4 Å². The summed E-state index contributed by atoms with van der Waals surface area (Å²) < 4.78 is 5.65. The Labute approximate surface area is 148 Å². The molecular formula is C14H23Cl2N3O2S. The Balaban J connectivity index is 0.00000220. The molecule has 1 aliphatic heterocycles. The van der Waals surface area contributed by atoms with E-state index in [1.54, 1.807) is 11.8 Å². The van der Waals surface area contributed by atoms with Gasteiger partial charge in [0.25, 0.3) is 0 Å². The highest BCUT2D eigenvalue weighted by Crippen LogP contribution is 2.18. The van der Waals surface area contributed by atoms with Crippen molar-refractivity contribution >= 4 is 48.2 Å². The lowest BCUT2D eigenvalue weighted by Crippen LogP contribution is -2.37. The largest absolute Gasteiger partial charge is 0.492 e. The Bertz CT molecular complexity index is 457. The van der Waals surface area contributed by atoms with Crippen molar-refractivity contribution in [2.45, 2.75) is 6.04 Å². The Morgan fingerprint density at radius 3 is 2.86 bits per heavy atom. The van der Waals surface area contributed by atoms with Gasteiger partial charge >= 0.3 is 0 Å². The molecule has 1 atom stereocenters. The monoisotopic (exact) mass is 367 g/mol. The Hall–Kier alpha value is -0.660. The molecule has 0 aromatic heterocycles. The van der Waals surface area contributed by atoms with Crippen molar-refractivity contribution in [2.75, 3.05) is 44.2 Å². The number of thioether (sulfide) groups is 1. The van der Waals surface area contributed by atoms with Gasteiger partial charge in [0.15, 0.2) is 0 Å². The zero-order valence-corrected chi connectivity index (χ0v) is 15.2. The van der Waals surface area contributed by atoms with Crippen molar-refractivity contribution in [3.8, 4) is 5.75 Å². The number of nitrogens with zero attached hydrogens (tertiary/aromatic N) is 1. The molecule has 1 aliphatic rings. The minimum atomic E-state index is -0.0988. The molecule has 0 radical (unpaired) electrons. The van der Waals surface area contributed by atoms with E-state index in [2.05, 4.69) is 15.5 Å². The van der Waals surface area contributed by atoms with Gasteiger partial charge in [0, 0.05) is 29.9 Å². The van der Waals surface area contributed by atoms with Gasteiger partial charge in [-0.25, -0.2) is 0 Å². The zero-order chi connectivity index (χ0) is 14.4. The summed E-state index contributed by atoms with van der Waals surface area (Å²) in [6, 6.07) is 7.42. The number of benzene rings is 1. The van der Waals surface area contributed by atoms with E-state index in [-0.39, 0.29) is 36.8 Å². The molecule has 1 heterocycles. The summed E-state index contributed by atoms with van der Waals surface area (Å²) >= 11 is 1.74. The predicted molar refractivity (Wildman–Crippen MR) is 97.9 cm³/mol. The lowest BCUT2D eigenvalue weighted by molar-refractivity contribution is -0.117. The fourth-order valence-electron chi connectivity index (χ4n) is 1.80. The van der Waals surface area contributed by atoms with Crippen LogP contribution in [0, 0.1) is 0 Å². The molecule has 1 aromatic carbocycles. The maximum atomic E-state index is 12.0. The van der Waals surface area contributed by atoms with Crippen molar-refractivity contribution in [3.05, 3.63) is 24.3 Å². The van der Waals surface area contributed by atoms with Crippen molar-refractivity contribution < 1.29 is 9.53 Å². The number of hydrogen-bond acceptors (Lipinski definition) is 5. The molecule has 0 saturated carbocycles. The first-order valence-electron chi connectivity index (χ1n) is 6.65. The third-order valence-electron chi connectivity index (χ3n) is 2.94. The number of amides is 1. The fourth-order valence-corrected chi connectivity index (χ4v) is 2.74. The molecule has 0 bridgehead atoms. The molecular weight excluding hydrogens is 345 g/mol. The Kier molecular flexibility index (Phi) is 10.6. The highest BCUT2D eigenvalue weighted by atomic mass is 35.5. The van der Waals surface area contributed by atoms with E-state index in [0.717, 1.165) is 29.6 Å². The third-order valence-corrected chi connectivity index (χ3v) is 3.88. The summed E-state index contributed by atoms with van der Waals surface area (Å²) in [4.78, 5) is 14.1. The van der Waals surface area contributed by atoms with Crippen molar-refractivity contribution in [3.63, 3.8) is 0 Å². The lowest BCUT2D eigenvalue weighted by atomic mass is 10.2. The number of anilines is 1. The summed E-state index contributed by atoms with van der Waals surface area (Å²) in [6.07, 6.45) is 0. The molecule has 1 saturated heterocycles. The summed E-state index contributed by atoms with van der Waals surface area (Å²) in [5.41, 5.74) is 0.774. The maximum Gasteiger partial charge on any atom is 0.242 e. The van der Waals surface area contributed by atoms with Gasteiger partial charge in [-0.1, -0.05) is 6.07 Å². The number of ether oxygens (including phenoxy) is 1. The van der Waals surface area contributed by atoms with E-state index in [1.807, 2.05) is 38.4 Å². The van der Waals surface area contributed by atoms with Crippen LogP contribution in [0.25, 0.3) is 0 Å². The van der Waals surface area contributed by atoms with Gasteiger partial charge < -0.3 is 15.0 Å². The SMILES string of the molecule is CN(C)CCOc1cccc(NC(=O)C2CSCN2)c1.Cl.Cl. The molecule has 2 rings (SSSR count). The van der Waals surface area contributed by atoms with Crippen LogP contribution in [0.4, 0.5) is 5.69 Å². The van der Waals surface area contributed by atoms with E-state index < -0.39 is 0 Å². The van der Waals surface area contributed by atoms with Crippen LogP contribution in [0.15, 0.2) is 24.3 Å². The molecule has 22 heavy (non-hydrogen) atoms. The van der Waals surface area contributed by atoms with E-state index >= 15 is 0 Å². The number of carbonyl (C=O) groups is 1. The predicted octanol–water partition coefficient (Wildman–Crippen LogP) is 2.07. The second-order valence-electron chi connectivity index (χ2n) is 4.94. The van der Waals surface area contributed by atoms with Crippen molar-refractivity contribution in [1.29, 1.82) is 0 Å². The normalized spacial score (nSPS) is 16.6. The molecule has 0 spiro atoms. The van der Waals surface area contributed by atoms with Crippen LogP contribution in [-0.2, 0) is 4.79 Å². The van der Waals surface area contributed by atoms with Crippen LogP contribution < -0.4 is 15.4 Å². The van der Waals surface area contributed by atoms with E-state index in [4.69, 9.17) is 4.74 Å². The highest BCUT2D eigenvalue weighted by molar-refractivity contribution is 7.99. The average Bonchev–Trinajstić information content (AvgIpc) is 2.92. The van der Waals surface area contributed by atoms with E-state index in [0.29, 0.717) is 6.61 Å². The quantitative estimate of drug-likeness (QED) is 0.805. The van der Waals surface area contributed by atoms with Crippen LogP contribution in [0.3, 0.4) is 0 Å². The molecule has 126 valence electrons. The topological polar surface area (TPSA) is 53.6 Å². The third kappa shape index (κ3) is 7.07. The molecule has 8 heteroatoms. The summed E-state index contributed by atoms with van der Waals surface area (Å²) in [6.45, 7) is 1.49. The first kappa shape index (κ1) is 21.3. The molecule has 1 fully saturated rings. The van der Waals surface area contributed by atoms with Crippen LogP contribution in [-0.4, -0.2) is 55.7 Å². The number of likely N-dealkylation sites (N-methyl/N-ethyl adjacent to an activating group) is 1. The van der Waals surface area contributed by atoms with Gasteiger partial charge in [-0.2, -0.15) is 0 Å². The maximum absolute atomic E-state index is 12.0. The van der Waals surface area contributed by atoms with Crippen LogP contribution in [0.1, 0.15) is 0 Å². The van der Waals surface area contributed by atoms with E-state index in [9.17, 15) is 4.79 Å². The fraction of sp³-hybridized carbons (Fsp3) is 0.500. The summed E-state index contributed by atoms with van der Waals surface area (Å²) in [5.74, 6) is 2.45. The van der Waals surface area contributed by atoms with Gasteiger partial charge in [-0.05, 0) is 26.2 Å². The number of halogens is 2. The molecule has 1 unspecified atom stereocenters. The Morgan fingerprint density at radius 1 is 1.45 bits per heavy atom. The number of nitrogens with one attached hydrogen (secondary N) is 2. The number of hydrogen-bond donors (Lipinski definition) is 2. The number of carbonyl (C=O) groups excluding carboxylic acids is 1. The first-order valence-corrected chi connectivity index (χ1v) is 7.80. The van der Waals surface area contributed by atoms with Crippen LogP contribution >= 0.6 is 36.6 Å². The Morgan fingerprint density at radius 2 is 2.23 bits per heavy atom. The smallest absolute Gasteiger partial charge is 0.242 e. The zero-order valence-electron chi connectivity index (χ0n) is 12.7. The van der Waals surface area contributed by atoms with Crippen LogP contribution in [0.5, 0.6) is 5.75 Å². The van der Waals surface area contributed by atoms with Gasteiger partial charge in [0.2, 0.25) is 5.91 Å². The van der Waals surface area contributed by atoms with Gasteiger partial charge in [-0.15, -0.1) is 36.6 Å². The number of rotatable bonds is 6. The standard InChI is InChI=1S/C14H21N3O2S.2ClH/c1-17(2)6-7-19-12-5-3-4-11(8-12)16-14(18)13-9-20-10-15-13;;/h3-5,8,13,15H,6-7,9-10H2,1-2H3,(H,16,18);2*1H. The second-order valence-corrected chi connectivity index (χ2v) is 5.97. The minimum Gasteiger partial charge on any atom is -0.492 e. The summed E-state index contributed by atoms with van der Waals surface area (Å²) in [7, 11) is 4.01. The molecule has 0 aliphatic carbocycles. The van der Waals surface area contributed by atoms with Gasteiger partial charge in [0.05, 0.1) is 6.04 Å². The molecule has 1 amide bonds. The highest BCUT2D eigenvalue weighted by Gasteiger charge is 2.22. The summed E-state index contributed by atoms with van der Waals surface area (Å²) in [5, 5.41) is 6.07. The van der Waals surface area contributed by atoms with E-state index in [1.165, 1.54) is 0 Å². The molecule has 1 aromatic rings. The first-order chi connectivity index (χ1) is 9.65. The second kappa shape index (κ2) is 11.0. The van der Waals surface area contributed by atoms with Gasteiger partial charge in [-0.3, -0.25) is 10.1 Å².